The molecule has 0 aliphatic carbocycles. The summed E-state index contributed by atoms with van der Waals surface area (Å²) in [5, 5.41) is 14.0. The van der Waals surface area contributed by atoms with E-state index in [0.29, 0.717) is 12.0 Å². The van der Waals surface area contributed by atoms with Gasteiger partial charge in [-0.2, -0.15) is 0 Å². The van der Waals surface area contributed by atoms with Crippen LogP contribution in [0.15, 0.2) is 23.4 Å². The van der Waals surface area contributed by atoms with Crippen LogP contribution in [-0.4, -0.2) is 29.7 Å². The lowest BCUT2D eigenvalue weighted by Gasteiger charge is -2.25. The zero-order valence-electron chi connectivity index (χ0n) is 12.3. The smallest absolute Gasteiger partial charge is 0.252 e. The third kappa shape index (κ3) is 3.91. The number of nitrogens with one attached hydrogen (secondary N) is 1. The number of nitrogens with two attached hydrogens (primary N) is 1. The normalized spacial score (nSPS) is 14.6. The summed E-state index contributed by atoms with van der Waals surface area (Å²) in [6.45, 7) is 3.52. The zero-order valence-corrected chi connectivity index (χ0v) is 12.3. The minimum atomic E-state index is -0.940. The van der Waals surface area contributed by atoms with Gasteiger partial charge in [-0.15, -0.1) is 0 Å². The van der Waals surface area contributed by atoms with E-state index in [4.69, 9.17) is 15.7 Å². The van der Waals surface area contributed by atoms with Crippen LogP contribution in [-0.2, 0) is 16.1 Å². The summed E-state index contributed by atoms with van der Waals surface area (Å²) < 4.78 is 19.0. The number of halogens is 1. The summed E-state index contributed by atoms with van der Waals surface area (Å²) >= 11 is 0. The average Bonchev–Trinajstić information content (AvgIpc) is 2.51. The van der Waals surface area contributed by atoms with Crippen molar-refractivity contribution in [2.24, 2.45) is 10.9 Å². The van der Waals surface area contributed by atoms with Crippen LogP contribution in [0.4, 0.5) is 4.39 Å². The van der Waals surface area contributed by atoms with Crippen molar-refractivity contribution in [1.29, 1.82) is 0 Å². The molecule has 1 unspecified atom stereocenters. The Bertz CT molecular complexity index is 542. The molecule has 0 spiro atoms. The van der Waals surface area contributed by atoms with Gasteiger partial charge in [0.2, 0.25) is 0 Å². The van der Waals surface area contributed by atoms with Gasteiger partial charge in [0.15, 0.2) is 5.84 Å². The van der Waals surface area contributed by atoms with E-state index in [2.05, 4.69) is 10.5 Å². The van der Waals surface area contributed by atoms with Gasteiger partial charge < -0.3 is 21.0 Å². The summed E-state index contributed by atoms with van der Waals surface area (Å²) in [6, 6.07) is 4.12. The van der Waals surface area contributed by atoms with Crippen LogP contribution in [0.3, 0.4) is 0 Å². The average molecular weight is 297 g/mol. The van der Waals surface area contributed by atoms with E-state index in [1.807, 2.05) is 6.92 Å². The molecule has 0 bridgehead atoms. The highest BCUT2D eigenvalue weighted by Crippen LogP contribution is 2.15. The van der Waals surface area contributed by atoms with Gasteiger partial charge in [0.25, 0.3) is 5.91 Å². The lowest BCUT2D eigenvalue weighted by Crippen LogP contribution is -2.45. The fraction of sp³-hybridized carbons (Fsp3) is 0.429. The minimum absolute atomic E-state index is 0.0278. The third-order valence-corrected chi connectivity index (χ3v) is 3.50. The van der Waals surface area contributed by atoms with Crippen molar-refractivity contribution < 1.29 is 19.1 Å². The second kappa shape index (κ2) is 7.03. The molecule has 0 fully saturated rings. The maximum atomic E-state index is 13.9. The third-order valence-electron chi connectivity index (χ3n) is 3.50. The van der Waals surface area contributed by atoms with Crippen molar-refractivity contribution in [2.75, 3.05) is 7.11 Å². The SMILES string of the molecule is CCC(C)(OC)C(=O)NCc1ccc(/C(N)=N/O)cc1F. The Kier molecular flexibility index (Phi) is 5.66. The first-order chi connectivity index (χ1) is 9.87. The number of carbonyl (C=O) groups is 1. The molecule has 4 N–H and O–H groups in total. The van der Waals surface area contributed by atoms with Crippen molar-refractivity contribution in [2.45, 2.75) is 32.4 Å². The molecule has 1 amide bonds. The van der Waals surface area contributed by atoms with Crippen molar-refractivity contribution >= 4 is 11.7 Å². The first-order valence-corrected chi connectivity index (χ1v) is 6.47. The molecule has 0 aliphatic rings. The van der Waals surface area contributed by atoms with Crippen LogP contribution in [0.25, 0.3) is 0 Å². The fourth-order valence-corrected chi connectivity index (χ4v) is 1.67. The largest absolute Gasteiger partial charge is 0.409 e. The second-order valence-electron chi connectivity index (χ2n) is 4.76. The zero-order chi connectivity index (χ0) is 16.0. The van der Waals surface area contributed by atoms with Crippen molar-refractivity contribution in [3.8, 4) is 0 Å². The van der Waals surface area contributed by atoms with Crippen molar-refractivity contribution in [1.82, 2.24) is 5.32 Å². The van der Waals surface area contributed by atoms with E-state index < -0.39 is 11.4 Å². The summed E-state index contributed by atoms with van der Waals surface area (Å²) in [6.07, 6.45) is 0.500. The number of rotatable bonds is 6. The number of hydrogen-bond acceptors (Lipinski definition) is 4. The number of carbonyl (C=O) groups excluding carboxylic acids is 1. The molecule has 0 heterocycles. The molecule has 0 aliphatic heterocycles. The van der Waals surface area contributed by atoms with Crippen LogP contribution in [0.5, 0.6) is 0 Å². The quantitative estimate of drug-likeness (QED) is 0.319. The summed E-state index contributed by atoms with van der Waals surface area (Å²) in [5.74, 6) is -1.04. The van der Waals surface area contributed by atoms with E-state index in [9.17, 15) is 9.18 Å². The number of benzene rings is 1. The molecule has 0 saturated heterocycles. The number of amidine groups is 1. The highest BCUT2D eigenvalue weighted by atomic mass is 19.1. The molecule has 0 aromatic heterocycles. The Balaban J connectivity index is 2.79. The Hall–Kier alpha value is -2.15. The van der Waals surface area contributed by atoms with E-state index in [1.54, 1.807) is 6.92 Å². The second-order valence-corrected chi connectivity index (χ2v) is 4.76. The monoisotopic (exact) mass is 297 g/mol. The number of methoxy groups -OCH3 is 1. The van der Waals surface area contributed by atoms with Gasteiger partial charge in [-0.3, -0.25) is 4.79 Å². The summed E-state index contributed by atoms with van der Waals surface area (Å²) in [5.41, 5.74) is 5.00. The summed E-state index contributed by atoms with van der Waals surface area (Å²) in [7, 11) is 1.45. The number of nitrogens with zero attached hydrogens (tertiary/aromatic N) is 1. The lowest BCUT2D eigenvalue weighted by atomic mass is 10.0. The Morgan fingerprint density at radius 1 is 1.57 bits per heavy atom. The number of hydrogen-bond donors (Lipinski definition) is 3. The predicted molar refractivity (Wildman–Crippen MR) is 76.5 cm³/mol. The van der Waals surface area contributed by atoms with E-state index >= 15 is 0 Å². The fourth-order valence-electron chi connectivity index (χ4n) is 1.67. The van der Waals surface area contributed by atoms with Gasteiger partial charge in [-0.05, 0) is 19.4 Å². The molecule has 1 atom stereocenters. The van der Waals surface area contributed by atoms with Crippen LogP contribution in [0.1, 0.15) is 31.4 Å². The van der Waals surface area contributed by atoms with E-state index in [1.165, 1.54) is 19.2 Å². The summed E-state index contributed by atoms with van der Waals surface area (Å²) in [4.78, 5) is 12.0. The van der Waals surface area contributed by atoms with Crippen LogP contribution in [0, 0.1) is 5.82 Å². The molecule has 116 valence electrons. The molecule has 1 aromatic carbocycles. The van der Waals surface area contributed by atoms with Crippen LogP contribution >= 0.6 is 0 Å². The Labute approximate surface area is 122 Å². The van der Waals surface area contributed by atoms with Gasteiger partial charge >= 0.3 is 0 Å². The lowest BCUT2D eigenvalue weighted by molar-refractivity contribution is -0.142. The first kappa shape index (κ1) is 16.9. The maximum Gasteiger partial charge on any atom is 0.252 e. The van der Waals surface area contributed by atoms with Gasteiger partial charge in [0.1, 0.15) is 11.4 Å². The van der Waals surface area contributed by atoms with Crippen LogP contribution < -0.4 is 11.1 Å². The molecule has 0 radical (unpaired) electrons. The Morgan fingerprint density at radius 3 is 2.71 bits per heavy atom. The first-order valence-electron chi connectivity index (χ1n) is 6.47. The van der Waals surface area contributed by atoms with Gasteiger partial charge in [0, 0.05) is 24.8 Å². The van der Waals surface area contributed by atoms with Gasteiger partial charge in [0.05, 0.1) is 0 Å². The van der Waals surface area contributed by atoms with Crippen molar-refractivity contribution in [3.63, 3.8) is 0 Å². The molecular weight excluding hydrogens is 277 g/mol. The molecule has 7 heteroatoms. The van der Waals surface area contributed by atoms with Gasteiger partial charge in [-0.25, -0.2) is 4.39 Å². The number of amides is 1. The van der Waals surface area contributed by atoms with E-state index in [0.717, 1.165) is 6.07 Å². The standard InChI is InChI=1S/C14H20FN3O3/c1-4-14(2,21-3)13(19)17-8-10-6-5-9(7-11(10)15)12(16)18-20/h5-7,20H,4,8H2,1-3H3,(H2,16,18)(H,17,19). The highest BCUT2D eigenvalue weighted by molar-refractivity contribution is 5.97. The Morgan fingerprint density at radius 2 is 2.24 bits per heavy atom. The molecule has 0 saturated carbocycles. The van der Waals surface area contributed by atoms with E-state index in [-0.39, 0.29) is 23.9 Å². The minimum Gasteiger partial charge on any atom is -0.409 e. The maximum absolute atomic E-state index is 13.9. The predicted octanol–water partition coefficient (Wildman–Crippen LogP) is 1.35. The number of oxime groups is 1. The molecule has 6 nitrogen and oxygen atoms in total. The topological polar surface area (TPSA) is 96.9 Å². The number of ether oxygens (including phenoxy) is 1. The molecule has 1 aromatic rings. The van der Waals surface area contributed by atoms with Gasteiger partial charge in [-0.1, -0.05) is 24.2 Å². The molecule has 1 rings (SSSR count). The molecule has 21 heavy (non-hydrogen) atoms. The highest BCUT2D eigenvalue weighted by Gasteiger charge is 2.30. The molecular formula is C14H20FN3O3. The van der Waals surface area contributed by atoms with Crippen molar-refractivity contribution in [3.05, 3.63) is 35.1 Å². The van der Waals surface area contributed by atoms with Crippen LogP contribution in [0.2, 0.25) is 0 Å².